The molecular weight excluding hydrogens is 239 g/mol. The smallest absolute Gasteiger partial charge is 0.151 e. The predicted molar refractivity (Wildman–Crippen MR) is 61.8 cm³/mol. The molecular formula is C10H6Cl2OS. The first-order valence-corrected chi connectivity index (χ1v) is 5.71. The summed E-state index contributed by atoms with van der Waals surface area (Å²) in [6, 6.07) is 5.52. The fourth-order valence-electron chi connectivity index (χ4n) is 1.37. The SMILES string of the molecule is O=Cc1c(CCl)sc2ccc(Cl)cc12. The number of fused-ring (bicyclic) bond motifs is 1. The molecule has 14 heavy (non-hydrogen) atoms. The molecule has 0 aliphatic carbocycles. The predicted octanol–water partition coefficient (Wildman–Crippen LogP) is 4.11. The fourth-order valence-corrected chi connectivity index (χ4v) is 2.85. The van der Waals surface area contributed by atoms with E-state index in [1.807, 2.05) is 12.1 Å². The third-order valence-electron chi connectivity index (χ3n) is 2.00. The number of carbonyl (C=O) groups is 1. The van der Waals surface area contributed by atoms with Crippen molar-refractivity contribution < 1.29 is 4.79 Å². The Kier molecular flexibility index (Phi) is 2.77. The van der Waals surface area contributed by atoms with Crippen molar-refractivity contribution in [3.63, 3.8) is 0 Å². The third-order valence-corrected chi connectivity index (χ3v) is 3.85. The van der Waals surface area contributed by atoms with Crippen LogP contribution in [0.1, 0.15) is 15.2 Å². The number of alkyl halides is 1. The molecule has 0 spiro atoms. The van der Waals surface area contributed by atoms with Gasteiger partial charge in [0.05, 0.1) is 5.88 Å². The van der Waals surface area contributed by atoms with E-state index in [9.17, 15) is 4.79 Å². The van der Waals surface area contributed by atoms with Crippen LogP contribution >= 0.6 is 34.5 Å². The van der Waals surface area contributed by atoms with Crippen LogP contribution in [0.2, 0.25) is 5.02 Å². The molecule has 1 aromatic carbocycles. The van der Waals surface area contributed by atoms with Crippen molar-refractivity contribution in [3.05, 3.63) is 33.7 Å². The van der Waals surface area contributed by atoms with Gasteiger partial charge in [0.2, 0.25) is 0 Å². The molecule has 0 saturated carbocycles. The molecule has 0 aliphatic heterocycles. The van der Waals surface area contributed by atoms with Crippen LogP contribution in [-0.4, -0.2) is 6.29 Å². The summed E-state index contributed by atoms with van der Waals surface area (Å²) in [5, 5.41) is 1.53. The molecule has 72 valence electrons. The summed E-state index contributed by atoms with van der Waals surface area (Å²) in [5.74, 6) is 0.366. The number of thiophene rings is 1. The van der Waals surface area contributed by atoms with Crippen molar-refractivity contribution in [2.75, 3.05) is 0 Å². The molecule has 0 unspecified atom stereocenters. The third kappa shape index (κ3) is 1.54. The zero-order valence-electron chi connectivity index (χ0n) is 7.09. The van der Waals surface area contributed by atoms with Crippen LogP contribution in [0, 0.1) is 0 Å². The standard InChI is InChI=1S/C10H6Cl2OS/c11-4-10-8(5-13)7-3-6(12)1-2-9(7)14-10/h1-3,5H,4H2. The van der Waals surface area contributed by atoms with Gasteiger partial charge in [0.25, 0.3) is 0 Å². The van der Waals surface area contributed by atoms with Crippen LogP contribution in [0.25, 0.3) is 10.1 Å². The molecule has 0 radical (unpaired) electrons. The summed E-state index contributed by atoms with van der Waals surface area (Å²) < 4.78 is 1.05. The van der Waals surface area contributed by atoms with E-state index in [0.29, 0.717) is 16.5 Å². The fraction of sp³-hybridized carbons (Fsp3) is 0.100. The second-order valence-electron chi connectivity index (χ2n) is 2.83. The minimum atomic E-state index is 0.366. The first kappa shape index (κ1) is 9.97. The van der Waals surface area contributed by atoms with Gasteiger partial charge < -0.3 is 0 Å². The molecule has 1 heterocycles. The average Bonchev–Trinajstić information content (AvgIpc) is 2.54. The van der Waals surface area contributed by atoms with Crippen molar-refractivity contribution in [2.24, 2.45) is 0 Å². The molecule has 0 fully saturated rings. The van der Waals surface area contributed by atoms with Gasteiger partial charge in [-0.25, -0.2) is 0 Å². The Morgan fingerprint density at radius 1 is 1.43 bits per heavy atom. The van der Waals surface area contributed by atoms with Crippen molar-refractivity contribution >= 4 is 50.9 Å². The summed E-state index contributed by atoms with van der Waals surface area (Å²) in [7, 11) is 0. The van der Waals surface area contributed by atoms with Gasteiger partial charge in [-0.3, -0.25) is 4.79 Å². The van der Waals surface area contributed by atoms with E-state index in [0.717, 1.165) is 21.2 Å². The summed E-state index contributed by atoms with van der Waals surface area (Å²) >= 11 is 13.1. The van der Waals surface area contributed by atoms with Crippen molar-refractivity contribution in [2.45, 2.75) is 5.88 Å². The number of carbonyl (C=O) groups excluding carboxylic acids is 1. The van der Waals surface area contributed by atoms with Gasteiger partial charge in [0.1, 0.15) is 0 Å². The molecule has 0 amide bonds. The van der Waals surface area contributed by atoms with Crippen LogP contribution in [0.3, 0.4) is 0 Å². The monoisotopic (exact) mass is 244 g/mol. The van der Waals surface area contributed by atoms with Gasteiger partial charge in [-0.2, -0.15) is 0 Å². The van der Waals surface area contributed by atoms with E-state index >= 15 is 0 Å². The molecule has 4 heteroatoms. The summed E-state index contributed by atoms with van der Waals surface area (Å²) in [6.07, 6.45) is 0.840. The highest BCUT2D eigenvalue weighted by Gasteiger charge is 2.10. The second kappa shape index (κ2) is 3.89. The molecule has 2 aromatic rings. The quantitative estimate of drug-likeness (QED) is 0.574. The molecule has 0 saturated heterocycles. The van der Waals surface area contributed by atoms with Gasteiger partial charge in [-0.15, -0.1) is 22.9 Å². The van der Waals surface area contributed by atoms with E-state index in [1.54, 1.807) is 6.07 Å². The number of aldehydes is 1. The van der Waals surface area contributed by atoms with Gasteiger partial charge in [0, 0.05) is 25.5 Å². The molecule has 0 N–H and O–H groups in total. The Hall–Kier alpha value is -0.570. The van der Waals surface area contributed by atoms with Gasteiger partial charge in [0.15, 0.2) is 6.29 Å². The molecule has 2 rings (SSSR count). The highest BCUT2D eigenvalue weighted by molar-refractivity contribution is 7.19. The van der Waals surface area contributed by atoms with Crippen molar-refractivity contribution in [1.29, 1.82) is 0 Å². The van der Waals surface area contributed by atoms with Gasteiger partial charge in [-0.1, -0.05) is 11.6 Å². The lowest BCUT2D eigenvalue weighted by Gasteiger charge is -1.92. The Morgan fingerprint density at radius 3 is 2.86 bits per heavy atom. The zero-order chi connectivity index (χ0) is 10.1. The van der Waals surface area contributed by atoms with Crippen LogP contribution in [-0.2, 0) is 5.88 Å². The lowest BCUT2D eigenvalue weighted by Crippen LogP contribution is -1.81. The van der Waals surface area contributed by atoms with Crippen molar-refractivity contribution in [3.8, 4) is 0 Å². The summed E-state index contributed by atoms with van der Waals surface area (Å²) in [6.45, 7) is 0. The first-order chi connectivity index (χ1) is 6.76. The highest BCUT2D eigenvalue weighted by atomic mass is 35.5. The average molecular weight is 245 g/mol. The molecule has 1 aromatic heterocycles. The van der Waals surface area contributed by atoms with E-state index < -0.39 is 0 Å². The number of benzene rings is 1. The van der Waals surface area contributed by atoms with Crippen LogP contribution in [0.15, 0.2) is 18.2 Å². The lowest BCUT2D eigenvalue weighted by molar-refractivity contribution is 0.112. The van der Waals surface area contributed by atoms with Crippen LogP contribution in [0.4, 0.5) is 0 Å². The number of halogens is 2. The largest absolute Gasteiger partial charge is 0.298 e. The summed E-state index contributed by atoms with van der Waals surface area (Å²) in [4.78, 5) is 11.8. The normalized spacial score (nSPS) is 10.7. The van der Waals surface area contributed by atoms with E-state index in [1.165, 1.54) is 11.3 Å². The van der Waals surface area contributed by atoms with E-state index in [-0.39, 0.29) is 0 Å². The highest BCUT2D eigenvalue weighted by Crippen LogP contribution is 2.32. The Bertz CT molecular complexity index is 490. The lowest BCUT2D eigenvalue weighted by atomic mass is 10.1. The minimum Gasteiger partial charge on any atom is -0.298 e. The van der Waals surface area contributed by atoms with Crippen LogP contribution < -0.4 is 0 Å². The maximum atomic E-state index is 10.9. The maximum absolute atomic E-state index is 10.9. The molecule has 0 aliphatic rings. The number of rotatable bonds is 2. The Labute approximate surface area is 95.3 Å². The van der Waals surface area contributed by atoms with Crippen LogP contribution in [0.5, 0.6) is 0 Å². The maximum Gasteiger partial charge on any atom is 0.151 e. The minimum absolute atomic E-state index is 0.366. The topological polar surface area (TPSA) is 17.1 Å². The second-order valence-corrected chi connectivity index (χ2v) is 4.67. The number of hydrogen-bond donors (Lipinski definition) is 0. The molecule has 0 bridgehead atoms. The Morgan fingerprint density at radius 2 is 2.21 bits per heavy atom. The van der Waals surface area contributed by atoms with E-state index in [2.05, 4.69) is 0 Å². The summed E-state index contributed by atoms with van der Waals surface area (Å²) in [5.41, 5.74) is 0.669. The van der Waals surface area contributed by atoms with Gasteiger partial charge in [-0.05, 0) is 18.2 Å². The first-order valence-electron chi connectivity index (χ1n) is 3.98. The molecule has 0 atom stereocenters. The van der Waals surface area contributed by atoms with Crippen molar-refractivity contribution in [1.82, 2.24) is 0 Å². The zero-order valence-corrected chi connectivity index (χ0v) is 9.42. The molecule has 1 nitrogen and oxygen atoms in total. The van der Waals surface area contributed by atoms with Gasteiger partial charge >= 0.3 is 0 Å². The Balaban J connectivity index is 2.81. The number of hydrogen-bond acceptors (Lipinski definition) is 2. The van der Waals surface area contributed by atoms with E-state index in [4.69, 9.17) is 23.2 Å².